The van der Waals surface area contributed by atoms with Crippen molar-refractivity contribution in [2.45, 2.75) is 6.61 Å². The summed E-state index contributed by atoms with van der Waals surface area (Å²) in [5, 5.41) is 12.5. The summed E-state index contributed by atoms with van der Waals surface area (Å²) in [5.41, 5.74) is 2.47. The average Bonchev–Trinajstić information content (AvgIpc) is 2.93. The first kappa shape index (κ1) is 25.2. The second-order valence-electron chi connectivity index (χ2n) is 8.34. The highest BCUT2D eigenvalue weighted by atomic mass is 35.5. The molecule has 0 bridgehead atoms. The Hall–Kier alpha value is -4.46. The van der Waals surface area contributed by atoms with Gasteiger partial charge in [0.25, 0.3) is 11.2 Å². The van der Waals surface area contributed by atoms with E-state index in [-0.39, 0.29) is 11.2 Å². The third-order valence-electron chi connectivity index (χ3n) is 5.81. The summed E-state index contributed by atoms with van der Waals surface area (Å²) in [7, 11) is 0. The Balaban J connectivity index is 1.42. The minimum absolute atomic E-state index is 0.0610. The zero-order chi connectivity index (χ0) is 26.6. The zero-order valence-corrected chi connectivity index (χ0v) is 21.3. The molecule has 9 heteroatoms. The van der Waals surface area contributed by atoms with Crippen LogP contribution in [0.25, 0.3) is 28.7 Å². The van der Waals surface area contributed by atoms with Crippen molar-refractivity contribution in [2.24, 2.45) is 0 Å². The van der Waals surface area contributed by atoms with Gasteiger partial charge in [0.2, 0.25) is 0 Å². The molecule has 0 aliphatic heterocycles. The number of ether oxygens (including phenoxy) is 1. The van der Waals surface area contributed by atoms with E-state index in [1.165, 1.54) is 28.8 Å². The van der Waals surface area contributed by atoms with Gasteiger partial charge in [0.15, 0.2) is 0 Å². The molecule has 0 aliphatic carbocycles. The SMILES string of the molecule is O=c1c2ccccc2nc(/C=C/c2ccc(OCc3ccc(Cl)c(Cl)c3)cc2)n1-c1ccc([N+](=O)[O-])cc1. The minimum atomic E-state index is -0.482. The maximum Gasteiger partial charge on any atom is 0.269 e. The van der Waals surface area contributed by atoms with Gasteiger partial charge >= 0.3 is 0 Å². The highest BCUT2D eigenvalue weighted by molar-refractivity contribution is 6.42. The Bertz CT molecular complexity index is 1730. The lowest BCUT2D eigenvalue weighted by Crippen LogP contribution is -2.22. The smallest absolute Gasteiger partial charge is 0.269 e. The molecule has 0 N–H and O–H groups in total. The molecule has 5 rings (SSSR count). The number of hydrogen-bond acceptors (Lipinski definition) is 5. The fraction of sp³-hybridized carbons (Fsp3) is 0.0345. The minimum Gasteiger partial charge on any atom is -0.489 e. The predicted molar refractivity (Wildman–Crippen MR) is 150 cm³/mol. The Morgan fingerprint density at radius 3 is 2.34 bits per heavy atom. The zero-order valence-electron chi connectivity index (χ0n) is 19.8. The Morgan fingerprint density at radius 1 is 0.895 bits per heavy atom. The lowest BCUT2D eigenvalue weighted by molar-refractivity contribution is -0.384. The number of nitro groups is 1. The number of halogens is 2. The van der Waals surface area contributed by atoms with E-state index >= 15 is 0 Å². The van der Waals surface area contributed by atoms with E-state index in [2.05, 4.69) is 4.98 Å². The van der Waals surface area contributed by atoms with Gasteiger partial charge in [-0.25, -0.2) is 4.98 Å². The molecule has 0 fully saturated rings. The lowest BCUT2D eigenvalue weighted by Gasteiger charge is -2.11. The highest BCUT2D eigenvalue weighted by Crippen LogP contribution is 2.24. The third kappa shape index (κ3) is 5.44. The molecule has 38 heavy (non-hydrogen) atoms. The van der Waals surface area contributed by atoms with Crippen molar-refractivity contribution in [3.63, 3.8) is 0 Å². The first-order chi connectivity index (χ1) is 18.4. The second kappa shape index (κ2) is 10.9. The summed E-state index contributed by atoms with van der Waals surface area (Å²) in [6.07, 6.45) is 3.57. The summed E-state index contributed by atoms with van der Waals surface area (Å²) in [4.78, 5) is 28.6. The number of nitrogens with zero attached hydrogens (tertiary/aromatic N) is 3. The van der Waals surface area contributed by atoms with E-state index in [1.54, 1.807) is 36.4 Å². The molecule has 0 unspecified atom stereocenters. The number of non-ortho nitro benzene ring substituents is 1. The van der Waals surface area contributed by atoms with Crippen LogP contribution in [0.4, 0.5) is 5.69 Å². The summed E-state index contributed by atoms with van der Waals surface area (Å²) in [5.74, 6) is 1.07. The van der Waals surface area contributed by atoms with Crippen LogP contribution >= 0.6 is 23.2 Å². The van der Waals surface area contributed by atoms with Crippen molar-refractivity contribution in [2.75, 3.05) is 0 Å². The van der Waals surface area contributed by atoms with Gasteiger partial charge in [-0.2, -0.15) is 0 Å². The standard InChI is InChI=1S/C29H19Cl2N3O4/c30-25-15-7-20(17-26(25)31)18-38-23-13-5-19(6-14-23)8-16-28-32-27-4-2-1-3-24(27)29(35)33(28)21-9-11-22(12-10-21)34(36)37/h1-17H,18H2/b16-8+. The Kier molecular flexibility index (Phi) is 7.22. The molecule has 0 saturated carbocycles. The van der Waals surface area contributed by atoms with Crippen LogP contribution < -0.4 is 10.3 Å². The molecule has 0 aliphatic rings. The Morgan fingerprint density at radius 2 is 1.63 bits per heavy atom. The van der Waals surface area contributed by atoms with Crippen LogP contribution in [0.1, 0.15) is 17.0 Å². The number of fused-ring (bicyclic) bond motifs is 1. The molecule has 0 radical (unpaired) electrons. The van der Waals surface area contributed by atoms with Gasteiger partial charge < -0.3 is 4.74 Å². The van der Waals surface area contributed by atoms with E-state index in [1.807, 2.05) is 42.5 Å². The van der Waals surface area contributed by atoms with E-state index in [0.717, 1.165) is 11.1 Å². The number of nitro benzene ring substituents is 1. The van der Waals surface area contributed by atoms with Crippen LogP contribution in [-0.2, 0) is 6.61 Å². The maximum absolute atomic E-state index is 13.4. The van der Waals surface area contributed by atoms with E-state index in [9.17, 15) is 14.9 Å². The fourth-order valence-corrected chi connectivity index (χ4v) is 4.20. The molecular weight excluding hydrogens is 525 g/mol. The van der Waals surface area contributed by atoms with Crippen molar-refractivity contribution in [3.8, 4) is 11.4 Å². The van der Waals surface area contributed by atoms with Gasteiger partial charge in [-0.15, -0.1) is 0 Å². The van der Waals surface area contributed by atoms with Gasteiger partial charge in [0.1, 0.15) is 18.2 Å². The van der Waals surface area contributed by atoms with Crippen molar-refractivity contribution in [3.05, 3.63) is 138 Å². The maximum atomic E-state index is 13.4. The number of aromatic nitrogens is 2. The topological polar surface area (TPSA) is 87.3 Å². The molecule has 7 nitrogen and oxygen atoms in total. The molecule has 0 atom stereocenters. The van der Waals surface area contributed by atoms with Crippen LogP contribution in [0.15, 0.2) is 95.8 Å². The molecule has 188 valence electrons. The molecule has 0 saturated heterocycles. The number of para-hydroxylation sites is 1. The van der Waals surface area contributed by atoms with Gasteiger partial charge in [-0.1, -0.05) is 59.6 Å². The monoisotopic (exact) mass is 543 g/mol. The number of rotatable bonds is 7. The highest BCUT2D eigenvalue weighted by Gasteiger charge is 2.13. The molecule has 1 aromatic heterocycles. The lowest BCUT2D eigenvalue weighted by atomic mass is 10.2. The van der Waals surface area contributed by atoms with Crippen LogP contribution in [0.3, 0.4) is 0 Å². The van der Waals surface area contributed by atoms with Gasteiger partial charge in [0.05, 0.1) is 31.6 Å². The molecule has 0 amide bonds. The van der Waals surface area contributed by atoms with Gasteiger partial charge in [-0.3, -0.25) is 19.5 Å². The molecular formula is C29H19Cl2N3O4. The summed E-state index contributed by atoms with van der Waals surface area (Å²) in [6.45, 7) is 0.342. The average molecular weight is 544 g/mol. The van der Waals surface area contributed by atoms with Crippen molar-refractivity contribution < 1.29 is 9.66 Å². The van der Waals surface area contributed by atoms with Crippen molar-refractivity contribution in [1.82, 2.24) is 9.55 Å². The van der Waals surface area contributed by atoms with Crippen LogP contribution in [0.2, 0.25) is 10.0 Å². The summed E-state index contributed by atoms with van der Waals surface area (Å²) >= 11 is 12.0. The second-order valence-corrected chi connectivity index (χ2v) is 9.16. The number of hydrogen-bond donors (Lipinski definition) is 0. The van der Waals surface area contributed by atoms with Crippen molar-refractivity contribution >= 4 is 51.9 Å². The largest absolute Gasteiger partial charge is 0.489 e. The van der Waals surface area contributed by atoms with E-state index < -0.39 is 4.92 Å². The van der Waals surface area contributed by atoms with Gasteiger partial charge in [-0.05, 0) is 65.7 Å². The summed E-state index contributed by atoms with van der Waals surface area (Å²) < 4.78 is 7.28. The van der Waals surface area contributed by atoms with Crippen molar-refractivity contribution in [1.29, 1.82) is 0 Å². The van der Waals surface area contributed by atoms with Crippen LogP contribution in [0, 0.1) is 10.1 Å². The molecule has 5 aromatic rings. The predicted octanol–water partition coefficient (Wildman–Crippen LogP) is 7.35. The summed E-state index contributed by atoms with van der Waals surface area (Å²) in [6, 6.07) is 25.7. The van der Waals surface area contributed by atoms with E-state index in [0.29, 0.717) is 44.8 Å². The van der Waals surface area contributed by atoms with Crippen LogP contribution in [0.5, 0.6) is 5.75 Å². The fourth-order valence-electron chi connectivity index (χ4n) is 3.88. The molecule has 4 aromatic carbocycles. The normalized spacial score (nSPS) is 11.2. The first-order valence-electron chi connectivity index (χ1n) is 11.5. The molecule has 1 heterocycles. The molecule has 0 spiro atoms. The first-order valence-corrected chi connectivity index (χ1v) is 12.3. The van der Waals surface area contributed by atoms with Gasteiger partial charge in [0, 0.05) is 12.1 Å². The van der Waals surface area contributed by atoms with Crippen LogP contribution in [-0.4, -0.2) is 14.5 Å². The Labute approximate surface area is 227 Å². The van der Waals surface area contributed by atoms with E-state index in [4.69, 9.17) is 27.9 Å². The quantitative estimate of drug-likeness (QED) is 0.158. The number of benzene rings is 4. The third-order valence-corrected chi connectivity index (χ3v) is 6.55.